The Morgan fingerprint density at radius 3 is 2.60 bits per heavy atom. The van der Waals surface area contributed by atoms with Crippen LogP contribution in [0.4, 0.5) is 0 Å². The lowest BCUT2D eigenvalue weighted by Gasteiger charge is -2.38. The number of morpholine rings is 1. The fraction of sp³-hybridized carbons (Fsp3) is 0.429. The molecule has 130 valence electrons. The maximum Gasteiger partial charge on any atom is 0.231 e. The van der Waals surface area contributed by atoms with Crippen molar-refractivity contribution in [1.29, 1.82) is 0 Å². The highest BCUT2D eigenvalue weighted by Gasteiger charge is 2.38. The predicted molar refractivity (Wildman–Crippen MR) is 94.6 cm³/mol. The van der Waals surface area contributed by atoms with E-state index in [2.05, 4.69) is 47.4 Å². The molecule has 1 saturated heterocycles. The average Bonchev–Trinajstić information content (AvgIpc) is 3.40. The highest BCUT2D eigenvalue weighted by Crippen LogP contribution is 2.40. The zero-order valence-corrected chi connectivity index (χ0v) is 14.3. The number of hydrogen-bond donors (Lipinski definition) is 0. The van der Waals surface area contributed by atoms with Gasteiger partial charge in [-0.2, -0.15) is 0 Å². The Balaban J connectivity index is 1.34. The van der Waals surface area contributed by atoms with Crippen molar-refractivity contribution in [1.82, 2.24) is 4.90 Å². The van der Waals surface area contributed by atoms with Crippen molar-refractivity contribution in [3.05, 3.63) is 59.7 Å². The summed E-state index contributed by atoms with van der Waals surface area (Å²) >= 11 is 0. The van der Waals surface area contributed by atoms with Gasteiger partial charge in [0, 0.05) is 19.6 Å². The van der Waals surface area contributed by atoms with E-state index < -0.39 is 0 Å². The molecule has 0 bridgehead atoms. The van der Waals surface area contributed by atoms with Gasteiger partial charge in [0.25, 0.3) is 0 Å². The van der Waals surface area contributed by atoms with E-state index in [0.717, 1.165) is 37.1 Å². The Morgan fingerprint density at radius 2 is 1.76 bits per heavy atom. The first-order valence-corrected chi connectivity index (χ1v) is 9.16. The topological polar surface area (TPSA) is 30.9 Å². The Kier molecular flexibility index (Phi) is 3.87. The van der Waals surface area contributed by atoms with E-state index in [1.165, 1.54) is 24.0 Å². The van der Waals surface area contributed by atoms with E-state index in [9.17, 15) is 0 Å². The van der Waals surface area contributed by atoms with Crippen LogP contribution in [-0.4, -0.2) is 30.9 Å². The van der Waals surface area contributed by atoms with Crippen molar-refractivity contribution in [2.75, 3.05) is 19.9 Å². The third-order valence-corrected chi connectivity index (χ3v) is 5.36. The zero-order valence-electron chi connectivity index (χ0n) is 14.3. The Hall–Kier alpha value is -2.04. The minimum Gasteiger partial charge on any atom is -0.454 e. The van der Waals surface area contributed by atoms with Crippen LogP contribution in [-0.2, 0) is 11.3 Å². The normalized spacial score (nSPS) is 25.9. The van der Waals surface area contributed by atoms with Crippen LogP contribution in [0.3, 0.4) is 0 Å². The van der Waals surface area contributed by atoms with Crippen LogP contribution >= 0.6 is 0 Å². The summed E-state index contributed by atoms with van der Waals surface area (Å²) in [6.07, 6.45) is 3.14. The third kappa shape index (κ3) is 3.24. The summed E-state index contributed by atoms with van der Waals surface area (Å²) in [5.74, 6) is 2.46. The van der Waals surface area contributed by atoms with Gasteiger partial charge in [0.05, 0.1) is 12.2 Å². The van der Waals surface area contributed by atoms with Gasteiger partial charge < -0.3 is 14.2 Å². The SMILES string of the molecule is c1ccc([C@@H]2CN(Cc3ccc4c(c3)OCO4)C[C@H](C3CC3)O2)cc1. The molecule has 2 atom stereocenters. The molecule has 0 N–H and O–H groups in total. The van der Waals surface area contributed by atoms with E-state index in [4.69, 9.17) is 14.2 Å². The van der Waals surface area contributed by atoms with Crippen LogP contribution < -0.4 is 9.47 Å². The summed E-state index contributed by atoms with van der Waals surface area (Å²) in [6, 6.07) is 16.9. The molecule has 0 radical (unpaired) electrons. The molecule has 4 heteroatoms. The third-order valence-electron chi connectivity index (χ3n) is 5.36. The van der Waals surface area contributed by atoms with E-state index in [-0.39, 0.29) is 6.10 Å². The summed E-state index contributed by atoms with van der Waals surface area (Å²) in [4.78, 5) is 2.53. The molecule has 5 rings (SSSR count). The van der Waals surface area contributed by atoms with Crippen LogP contribution in [0.15, 0.2) is 48.5 Å². The average molecular weight is 337 g/mol. The molecule has 1 aliphatic carbocycles. The summed E-state index contributed by atoms with van der Waals surface area (Å²) in [6.45, 7) is 3.20. The van der Waals surface area contributed by atoms with Gasteiger partial charge in [-0.1, -0.05) is 36.4 Å². The number of fused-ring (bicyclic) bond motifs is 1. The molecule has 0 amide bonds. The highest BCUT2D eigenvalue weighted by atomic mass is 16.7. The van der Waals surface area contributed by atoms with Crippen molar-refractivity contribution < 1.29 is 14.2 Å². The minimum absolute atomic E-state index is 0.162. The standard InChI is InChI=1S/C21H23NO3/c1-2-4-16(5-3-1)20-12-22(13-21(25-20)17-7-8-17)11-15-6-9-18-19(10-15)24-14-23-18/h1-6,9-10,17,20-21H,7-8,11-14H2/t20-,21+/m0/s1. The quantitative estimate of drug-likeness (QED) is 0.850. The molecule has 0 aromatic heterocycles. The number of benzene rings is 2. The maximum atomic E-state index is 6.45. The van der Waals surface area contributed by atoms with Gasteiger partial charge >= 0.3 is 0 Å². The first-order chi connectivity index (χ1) is 12.3. The van der Waals surface area contributed by atoms with Gasteiger partial charge in [-0.05, 0) is 42.0 Å². The van der Waals surface area contributed by atoms with Crippen LogP contribution in [0.1, 0.15) is 30.1 Å². The van der Waals surface area contributed by atoms with Crippen LogP contribution in [0.25, 0.3) is 0 Å². The molecule has 0 unspecified atom stereocenters. The fourth-order valence-electron chi connectivity index (χ4n) is 3.87. The first kappa shape index (κ1) is 15.2. The van der Waals surface area contributed by atoms with E-state index in [1.807, 2.05) is 6.07 Å². The van der Waals surface area contributed by atoms with Gasteiger partial charge in [-0.15, -0.1) is 0 Å². The summed E-state index contributed by atoms with van der Waals surface area (Å²) in [7, 11) is 0. The number of ether oxygens (including phenoxy) is 3. The van der Waals surface area contributed by atoms with Crippen molar-refractivity contribution in [2.24, 2.45) is 5.92 Å². The van der Waals surface area contributed by atoms with Crippen molar-refractivity contribution in [2.45, 2.75) is 31.6 Å². The number of rotatable bonds is 4. The van der Waals surface area contributed by atoms with Gasteiger partial charge in [0.2, 0.25) is 6.79 Å². The number of nitrogens with zero attached hydrogens (tertiary/aromatic N) is 1. The molecular formula is C21H23NO3. The first-order valence-electron chi connectivity index (χ1n) is 9.16. The van der Waals surface area contributed by atoms with E-state index in [1.54, 1.807) is 0 Å². The summed E-state index contributed by atoms with van der Waals surface area (Å²) < 4.78 is 17.4. The molecule has 25 heavy (non-hydrogen) atoms. The molecule has 4 nitrogen and oxygen atoms in total. The molecule has 2 aromatic carbocycles. The molecule has 2 aliphatic heterocycles. The summed E-state index contributed by atoms with van der Waals surface area (Å²) in [5, 5.41) is 0. The molecule has 2 fully saturated rings. The van der Waals surface area contributed by atoms with Gasteiger partial charge in [0.1, 0.15) is 0 Å². The monoisotopic (exact) mass is 337 g/mol. The van der Waals surface area contributed by atoms with Crippen LogP contribution in [0.5, 0.6) is 11.5 Å². The van der Waals surface area contributed by atoms with Crippen LogP contribution in [0, 0.1) is 5.92 Å². The van der Waals surface area contributed by atoms with Gasteiger partial charge in [-0.3, -0.25) is 4.90 Å². The lowest BCUT2D eigenvalue weighted by Crippen LogP contribution is -2.44. The maximum absolute atomic E-state index is 6.45. The molecule has 1 saturated carbocycles. The predicted octanol–water partition coefficient (Wildman–Crippen LogP) is 3.77. The molecular weight excluding hydrogens is 314 g/mol. The van der Waals surface area contributed by atoms with Gasteiger partial charge in [0.15, 0.2) is 11.5 Å². The van der Waals surface area contributed by atoms with E-state index >= 15 is 0 Å². The smallest absolute Gasteiger partial charge is 0.231 e. The Labute approximate surface area is 148 Å². The lowest BCUT2D eigenvalue weighted by atomic mass is 10.0. The second-order valence-electron chi connectivity index (χ2n) is 7.29. The van der Waals surface area contributed by atoms with E-state index in [0.29, 0.717) is 12.9 Å². The Bertz CT molecular complexity index is 744. The molecule has 2 heterocycles. The fourth-order valence-corrected chi connectivity index (χ4v) is 3.87. The van der Waals surface area contributed by atoms with Crippen molar-refractivity contribution in [3.63, 3.8) is 0 Å². The largest absolute Gasteiger partial charge is 0.454 e. The van der Waals surface area contributed by atoms with Crippen molar-refractivity contribution in [3.8, 4) is 11.5 Å². The second kappa shape index (κ2) is 6.36. The van der Waals surface area contributed by atoms with Crippen LogP contribution in [0.2, 0.25) is 0 Å². The second-order valence-corrected chi connectivity index (χ2v) is 7.29. The van der Waals surface area contributed by atoms with Gasteiger partial charge in [-0.25, -0.2) is 0 Å². The zero-order chi connectivity index (χ0) is 16.6. The minimum atomic E-state index is 0.162. The Morgan fingerprint density at radius 1 is 0.920 bits per heavy atom. The molecule has 2 aromatic rings. The summed E-state index contributed by atoms with van der Waals surface area (Å²) in [5.41, 5.74) is 2.55. The number of hydrogen-bond acceptors (Lipinski definition) is 4. The molecule has 0 spiro atoms. The van der Waals surface area contributed by atoms with Crippen molar-refractivity contribution >= 4 is 0 Å². The molecule has 3 aliphatic rings. The lowest BCUT2D eigenvalue weighted by molar-refractivity contribution is -0.0986. The highest BCUT2D eigenvalue weighted by molar-refractivity contribution is 5.44.